The summed E-state index contributed by atoms with van der Waals surface area (Å²) in [5, 5.41) is 0. The first-order chi connectivity index (χ1) is 9.24. The molecule has 3 N–H and O–H groups in total. The molecule has 1 saturated heterocycles. The van der Waals surface area contributed by atoms with Crippen molar-refractivity contribution in [1.29, 1.82) is 0 Å². The molecule has 1 aromatic rings. The number of hydrogen-bond acceptors (Lipinski definition) is 5. The highest BCUT2D eigenvalue weighted by Crippen LogP contribution is 2.32. The lowest BCUT2D eigenvalue weighted by atomic mass is 9.95. The molecule has 0 radical (unpaired) electrons. The van der Waals surface area contributed by atoms with Crippen molar-refractivity contribution in [2.75, 3.05) is 23.4 Å². The molecule has 1 aliphatic heterocycles. The van der Waals surface area contributed by atoms with Crippen LogP contribution in [0, 0.1) is 18.8 Å². The molecule has 5 nitrogen and oxygen atoms in total. The van der Waals surface area contributed by atoms with Crippen LogP contribution in [0.5, 0.6) is 0 Å². The molecule has 2 heterocycles. The first-order valence-electron chi connectivity index (χ1n) is 7.34. The van der Waals surface area contributed by atoms with E-state index in [1.807, 2.05) is 6.92 Å². The highest BCUT2D eigenvalue weighted by atomic mass is 15.3. The van der Waals surface area contributed by atoms with Crippen LogP contribution in [0.15, 0.2) is 0 Å². The highest BCUT2D eigenvalue weighted by Gasteiger charge is 2.30. The fraction of sp³-hybridized carbons (Fsp3) is 0.733. The fourth-order valence-corrected chi connectivity index (χ4v) is 2.59. The average molecular weight is 277 g/mol. The van der Waals surface area contributed by atoms with Crippen LogP contribution in [0.2, 0.25) is 0 Å². The monoisotopic (exact) mass is 277 g/mol. The molecule has 0 bridgehead atoms. The molecule has 0 aromatic carbocycles. The fourth-order valence-electron chi connectivity index (χ4n) is 2.59. The molecule has 5 heteroatoms. The zero-order valence-electron chi connectivity index (χ0n) is 13.5. The third-order valence-electron chi connectivity index (χ3n) is 4.22. The maximum Gasteiger partial charge on any atom is 0.148 e. The van der Waals surface area contributed by atoms with Crippen LogP contribution in [0.25, 0.3) is 0 Å². The maximum atomic E-state index is 5.63. The van der Waals surface area contributed by atoms with Gasteiger partial charge in [-0.1, -0.05) is 34.6 Å². The maximum absolute atomic E-state index is 5.63. The summed E-state index contributed by atoms with van der Waals surface area (Å²) >= 11 is 0. The molecule has 112 valence electrons. The van der Waals surface area contributed by atoms with Crippen molar-refractivity contribution >= 4 is 11.6 Å². The molecule has 0 aliphatic carbocycles. The van der Waals surface area contributed by atoms with E-state index in [1.165, 1.54) is 0 Å². The number of nitrogen functional groups attached to an aromatic ring is 1. The lowest BCUT2D eigenvalue weighted by molar-refractivity contribution is 0.494. The summed E-state index contributed by atoms with van der Waals surface area (Å²) in [7, 11) is 0. The Kier molecular flexibility index (Phi) is 3.91. The average Bonchev–Trinajstić information content (AvgIpc) is 2.68. The van der Waals surface area contributed by atoms with Crippen LogP contribution in [0.4, 0.5) is 11.6 Å². The Morgan fingerprint density at radius 2 is 1.70 bits per heavy atom. The van der Waals surface area contributed by atoms with E-state index in [0.717, 1.165) is 36.1 Å². The largest absolute Gasteiger partial charge is 0.356 e. The lowest BCUT2D eigenvalue weighted by Gasteiger charge is -2.25. The third kappa shape index (κ3) is 2.73. The molecule has 1 fully saturated rings. The first kappa shape index (κ1) is 15.0. The van der Waals surface area contributed by atoms with Crippen molar-refractivity contribution in [2.45, 2.75) is 47.0 Å². The van der Waals surface area contributed by atoms with E-state index in [2.05, 4.69) is 49.9 Å². The van der Waals surface area contributed by atoms with Crippen molar-refractivity contribution in [3.63, 3.8) is 0 Å². The summed E-state index contributed by atoms with van der Waals surface area (Å²) in [6.45, 7) is 15.1. The van der Waals surface area contributed by atoms with Gasteiger partial charge in [0.1, 0.15) is 17.5 Å². The number of aromatic nitrogens is 2. The van der Waals surface area contributed by atoms with Gasteiger partial charge < -0.3 is 10.3 Å². The molecule has 20 heavy (non-hydrogen) atoms. The highest BCUT2D eigenvalue weighted by molar-refractivity contribution is 5.59. The second-order valence-electron chi connectivity index (χ2n) is 7.10. The van der Waals surface area contributed by atoms with Crippen LogP contribution in [0.1, 0.15) is 46.0 Å². The predicted molar refractivity (Wildman–Crippen MR) is 83.8 cm³/mol. The van der Waals surface area contributed by atoms with E-state index >= 15 is 0 Å². The molecule has 0 amide bonds. The van der Waals surface area contributed by atoms with E-state index < -0.39 is 0 Å². The van der Waals surface area contributed by atoms with Gasteiger partial charge >= 0.3 is 0 Å². The van der Waals surface area contributed by atoms with Crippen molar-refractivity contribution in [1.82, 2.24) is 9.97 Å². The van der Waals surface area contributed by atoms with Gasteiger partial charge in [-0.25, -0.2) is 15.8 Å². The van der Waals surface area contributed by atoms with Gasteiger partial charge in [0.2, 0.25) is 0 Å². The standard InChI is InChI=1S/C15H27N5/c1-9-7-20(8-10(9)2)13-11(3)12(19-16)17-14(18-13)15(4,5)6/h9-10H,7-8,16H2,1-6H3,(H,17,18,19). The molecule has 2 rings (SSSR count). The third-order valence-corrected chi connectivity index (χ3v) is 4.22. The SMILES string of the molecule is Cc1c(NN)nc(C(C)(C)C)nc1N1CC(C)C(C)C1. The second-order valence-corrected chi connectivity index (χ2v) is 7.10. The summed E-state index contributed by atoms with van der Waals surface area (Å²) < 4.78 is 0. The summed E-state index contributed by atoms with van der Waals surface area (Å²) in [5.41, 5.74) is 3.65. The summed E-state index contributed by atoms with van der Waals surface area (Å²) in [6, 6.07) is 0. The van der Waals surface area contributed by atoms with Gasteiger partial charge in [-0.2, -0.15) is 0 Å². The van der Waals surface area contributed by atoms with Gasteiger partial charge in [-0.15, -0.1) is 0 Å². The van der Waals surface area contributed by atoms with E-state index in [0.29, 0.717) is 11.8 Å². The Hall–Kier alpha value is -1.36. The zero-order chi connectivity index (χ0) is 15.1. The molecular formula is C15H27N5. The second kappa shape index (κ2) is 5.20. The number of hydrogen-bond donors (Lipinski definition) is 2. The minimum atomic E-state index is -0.0923. The van der Waals surface area contributed by atoms with Crippen molar-refractivity contribution in [3.8, 4) is 0 Å². The van der Waals surface area contributed by atoms with Gasteiger partial charge in [0.05, 0.1) is 0 Å². The minimum Gasteiger partial charge on any atom is -0.356 e. The van der Waals surface area contributed by atoms with Crippen LogP contribution in [0.3, 0.4) is 0 Å². The van der Waals surface area contributed by atoms with Gasteiger partial charge in [-0.3, -0.25) is 0 Å². The molecular weight excluding hydrogens is 250 g/mol. The summed E-state index contributed by atoms with van der Waals surface area (Å²) in [5.74, 6) is 9.59. The first-order valence-corrected chi connectivity index (χ1v) is 7.34. The van der Waals surface area contributed by atoms with Crippen LogP contribution in [-0.2, 0) is 5.41 Å². The summed E-state index contributed by atoms with van der Waals surface area (Å²) in [4.78, 5) is 11.7. The predicted octanol–water partition coefficient (Wildman–Crippen LogP) is 2.46. The Bertz CT molecular complexity index is 482. The number of hydrazine groups is 1. The van der Waals surface area contributed by atoms with Gasteiger partial charge in [0.25, 0.3) is 0 Å². The molecule has 1 aliphatic rings. The summed E-state index contributed by atoms with van der Waals surface area (Å²) in [6.07, 6.45) is 0. The van der Waals surface area contributed by atoms with E-state index in [1.54, 1.807) is 0 Å². The van der Waals surface area contributed by atoms with Crippen LogP contribution in [-0.4, -0.2) is 23.1 Å². The Morgan fingerprint density at radius 3 is 2.15 bits per heavy atom. The van der Waals surface area contributed by atoms with E-state index in [-0.39, 0.29) is 5.41 Å². The Balaban J connectivity index is 2.47. The van der Waals surface area contributed by atoms with E-state index in [4.69, 9.17) is 10.8 Å². The smallest absolute Gasteiger partial charge is 0.148 e. The van der Waals surface area contributed by atoms with Crippen molar-refractivity contribution < 1.29 is 0 Å². The number of nitrogens with two attached hydrogens (primary N) is 1. The number of nitrogens with one attached hydrogen (secondary N) is 1. The number of rotatable bonds is 2. The van der Waals surface area contributed by atoms with Crippen molar-refractivity contribution in [2.24, 2.45) is 17.7 Å². The molecule has 1 aromatic heterocycles. The zero-order valence-corrected chi connectivity index (χ0v) is 13.5. The quantitative estimate of drug-likeness (QED) is 0.642. The minimum absolute atomic E-state index is 0.0923. The van der Waals surface area contributed by atoms with Crippen LogP contribution < -0.4 is 16.2 Å². The number of nitrogens with zero attached hydrogens (tertiary/aromatic N) is 3. The molecule has 0 saturated carbocycles. The van der Waals surface area contributed by atoms with Gasteiger partial charge in [0.15, 0.2) is 0 Å². The molecule has 2 unspecified atom stereocenters. The Labute approximate surface area is 121 Å². The number of anilines is 2. The topological polar surface area (TPSA) is 67.1 Å². The Morgan fingerprint density at radius 1 is 1.15 bits per heavy atom. The van der Waals surface area contributed by atoms with Crippen LogP contribution >= 0.6 is 0 Å². The van der Waals surface area contributed by atoms with Gasteiger partial charge in [-0.05, 0) is 18.8 Å². The lowest BCUT2D eigenvalue weighted by Crippen LogP contribution is -2.27. The normalized spacial score (nSPS) is 23.2. The van der Waals surface area contributed by atoms with Gasteiger partial charge in [0, 0.05) is 24.1 Å². The molecule has 2 atom stereocenters. The van der Waals surface area contributed by atoms with Crippen molar-refractivity contribution in [3.05, 3.63) is 11.4 Å². The van der Waals surface area contributed by atoms with E-state index in [9.17, 15) is 0 Å². The molecule has 0 spiro atoms.